The molecular formula is C17H14F3IN2O3S. The highest BCUT2D eigenvalue weighted by Gasteiger charge is 2.24. The van der Waals surface area contributed by atoms with Crippen LogP contribution in [-0.2, 0) is 10.0 Å². The summed E-state index contributed by atoms with van der Waals surface area (Å²) < 4.78 is 75.4. The summed E-state index contributed by atoms with van der Waals surface area (Å²) in [4.78, 5) is 0. The maximum absolute atomic E-state index is 14.5. The second kappa shape index (κ2) is 7.97. The molecule has 10 heteroatoms. The molecule has 3 rings (SSSR count). The average Bonchev–Trinajstić information content (AvgIpc) is 2.59. The topological polar surface area (TPSA) is 67.4 Å². The minimum atomic E-state index is -3.86. The van der Waals surface area contributed by atoms with Gasteiger partial charge in [-0.05, 0) is 47.2 Å². The Morgan fingerprint density at radius 2 is 1.89 bits per heavy atom. The molecule has 144 valence electrons. The maximum atomic E-state index is 14.5. The average molecular weight is 510 g/mol. The van der Waals surface area contributed by atoms with Crippen LogP contribution in [0.15, 0.2) is 36.4 Å². The fraction of sp³-hybridized carbons (Fsp3) is 0.176. The fourth-order valence-corrected chi connectivity index (χ4v) is 3.93. The number of hydrogen-bond donors (Lipinski definition) is 2. The van der Waals surface area contributed by atoms with E-state index in [1.807, 2.05) is 22.6 Å². The number of rotatable bonds is 2. The van der Waals surface area contributed by atoms with Crippen LogP contribution in [0.1, 0.15) is 6.42 Å². The van der Waals surface area contributed by atoms with Crippen molar-refractivity contribution in [2.24, 2.45) is 0 Å². The van der Waals surface area contributed by atoms with Gasteiger partial charge in [-0.15, -0.1) is 0 Å². The van der Waals surface area contributed by atoms with Crippen LogP contribution in [0.3, 0.4) is 0 Å². The monoisotopic (exact) mass is 510 g/mol. The number of halogens is 4. The Kier molecular flexibility index (Phi) is 5.84. The highest BCUT2D eigenvalue weighted by molar-refractivity contribution is 14.1. The van der Waals surface area contributed by atoms with Crippen LogP contribution in [0, 0.1) is 21.0 Å². The lowest BCUT2D eigenvalue weighted by atomic mass is 10.2. The number of anilines is 3. The number of allylic oxidation sites excluding steroid dienone is 1. The van der Waals surface area contributed by atoms with E-state index in [1.54, 1.807) is 18.2 Å². The van der Waals surface area contributed by atoms with E-state index < -0.39 is 33.2 Å². The molecule has 2 aromatic carbocycles. The molecule has 0 aromatic heterocycles. The first-order chi connectivity index (χ1) is 12.8. The van der Waals surface area contributed by atoms with Gasteiger partial charge in [0.2, 0.25) is 10.0 Å². The van der Waals surface area contributed by atoms with Crippen molar-refractivity contribution in [1.82, 2.24) is 0 Å². The molecule has 0 fully saturated rings. The van der Waals surface area contributed by atoms with Crippen molar-refractivity contribution in [3.05, 3.63) is 57.4 Å². The van der Waals surface area contributed by atoms with E-state index >= 15 is 0 Å². The normalized spacial score (nSPS) is 17.2. The van der Waals surface area contributed by atoms with E-state index in [2.05, 4.69) is 10.0 Å². The van der Waals surface area contributed by atoms with Crippen molar-refractivity contribution in [1.29, 1.82) is 0 Å². The third kappa shape index (κ3) is 4.67. The SMILES string of the molecule is O=S1(=O)CC/C=C/COc2cc(F)c(F)c(Nc3ccc(I)cc3F)c2N1. The first-order valence-electron chi connectivity index (χ1n) is 7.79. The molecule has 2 N–H and O–H groups in total. The van der Waals surface area contributed by atoms with E-state index in [0.717, 1.165) is 6.07 Å². The Bertz CT molecular complexity index is 1010. The molecule has 0 bridgehead atoms. The molecule has 1 aliphatic heterocycles. The van der Waals surface area contributed by atoms with Crippen LogP contribution in [0.5, 0.6) is 5.75 Å². The van der Waals surface area contributed by atoms with E-state index in [1.165, 1.54) is 12.1 Å². The Labute approximate surface area is 167 Å². The Balaban J connectivity index is 2.14. The molecule has 0 saturated heterocycles. The van der Waals surface area contributed by atoms with Crippen LogP contribution < -0.4 is 14.8 Å². The van der Waals surface area contributed by atoms with Crippen LogP contribution in [-0.4, -0.2) is 20.8 Å². The first-order valence-corrected chi connectivity index (χ1v) is 10.5. The molecule has 0 atom stereocenters. The van der Waals surface area contributed by atoms with Gasteiger partial charge < -0.3 is 10.1 Å². The summed E-state index contributed by atoms with van der Waals surface area (Å²) in [6, 6.07) is 4.85. The van der Waals surface area contributed by atoms with Gasteiger partial charge in [-0.2, -0.15) is 0 Å². The fourth-order valence-electron chi connectivity index (χ4n) is 2.41. The summed E-state index contributed by atoms with van der Waals surface area (Å²) in [6.45, 7) is 0.0388. The smallest absolute Gasteiger partial charge is 0.233 e. The van der Waals surface area contributed by atoms with Crippen molar-refractivity contribution in [2.75, 3.05) is 22.4 Å². The van der Waals surface area contributed by atoms with Crippen LogP contribution in [0.25, 0.3) is 0 Å². The molecule has 0 aliphatic carbocycles. The minimum Gasteiger partial charge on any atom is -0.487 e. The van der Waals surface area contributed by atoms with Gasteiger partial charge in [-0.1, -0.05) is 12.2 Å². The lowest BCUT2D eigenvalue weighted by Crippen LogP contribution is -2.19. The van der Waals surface area contributed by atoms with Crippen molar-refractivity contribution >= 4 is 49.7 Å². The van der Waals surface area contributed by atoms with E-state index in [-0.39, 0.29) is 35.9 Å². The molecule has 0 unspecified atom stereocenters. The van der Waals surface area contributed by atoms with Gasteiger partial charge in [0.15, 0.2) is 11.6 Å². The largest absolute Gasteiger partial charge is 0.487 e. The van der Waals surface area contributed by atoms with Crippen molar-refractivity contribution < 1.29 is 26.3 Å². The van der Waals surface area contributed by atoms with Gasteiger partial charge in [0.1, 0.15) is 29.5 Å². The highest BCUT2D eigenvalue weighted by Crippen LogP contribution is 2.40. The zero-order valence-electron chi connectivity index (χ0n) is 13.7. The Morgan fingerprint density at radius 1 is 1.11 bits per heavy atom. The second-order valence-electron chi connectivity index (χ2n) is 5.66. The predicted octanol–water partition coefficient (Wildman–Crippen LogP) is 4.53. The maximum Gasteiger partial charge on any atom is 0.233 e. The van der Waals surface area contributed by atoms with Crippen molar-refractivity contribution in [3.63, 3.8) is 0 Å². The number of benzene rings is 2. The van der Waals surface area contributed by atoms with Crippen LogP contribution >= 0.6 is 22.6 Å². The van der Waals surface area contributed by atoms with Gasteiger partial charge in [0.05, 0.1) is 11.4 Å². The lowest BCUT2D eigenvalue weighted by molar-refractivity contribution is 0.360. The van der Waals surface area contributed by atoms with E-state index in [0.29, 0.717) is 3.57 Å². The van der Waals surface area contributed by atoms with Crippen LogP contribution in [0.2, 0.25) is 0 Å². The summed E-state index contributed by atoms with van der Waals surface area (Å²) in [7, 11) is -3.86. The molecule has 5 nitrogen and oxygen atoms in total. The van der Waals surface area contributed by atoms with Gasteiger partial charge in [-0.25, -0.2) is 21.6 Å². The summed E-state index contributed by atoms with van der Waals surface area (Å²) in [5.41, 5.74) is -1.02. The molecule has 2 aromatic rings. The van der Waals surface area contributed by atoms with Gasteiger partial charge in [0, 0.05) is 9.64 Å². The third-order valence-electron chi connectivity index (χ3n) is 3.69. The molecule has 1 heterocycles. The predicted molar refractivity (Wildman–Crippen MR) is 105 cm³/mol. The van der Waals surface area contributed by atoms with Crippen molar-refractivity contribution in [3.8, 4) is 5.75 Å². The molecule has 1 aliphatic rings. The van der Waals surface area contributed by atoms with Gasteiger partial charge >= 0.3 is 0 Å². The first kappa shape index (κ1) is 19.8. The zero-order valence-corrected chi connectivity index (χ0v) is 16.7. The van der Waals surface area contributed by atoms with Gasteiger partial charge in [0.25, 0.3) is 0 Å². The molecule has 0 amide bonds. The number of sulfonamides is 1. The third-order valence-corrected chi connectivity index (χ3v) is 5.65. The standard InChI is InChI=1S/C17H14F3IN2O3S/c18-11-8-10(21)4-5-13(11)22-17-15(20)12(19)9-14-16(17)23-27(24,25)7-3-1-2-6-26-14/h1-2,4-5,8-9,22-23H,3,6-7H2/b2-1+. The molecule has 27 heavy (non-hydrogen) atoms. The summed E-state index contributed by atoms with van der Waals surface area (Å²) in [6.07, 6.45) is 3.42. The highest BCUT2D eigenvalue weighted by atomic mass is 127. The van der Waals surface area contributed by atoms with Crippen molar-refractivity contribution in [2.45, 2.75) is 6.42 Å². The quantitative estimate of drug-likeness (QED) is 0.461. The number of fused-ring (bicyclic) bond motifs is 1. The number of ether oxygens (including phenoxy) is 1. The molecule has 0 spiro atoms. The minimum absolute atomic E-state index is 0.0388. The molecule has 0 saturated carbocycles. The van der Waals surface area contributed by atoms with E-state index in [4.69, 9.17) is 4.74 Å². The summed E-state index contributed by atoms with van der Waals surface area (Å²) in [5.74, 6) is -3.78. The lowest BCUT2D eigenvalue weighted by Gasteiger charge is -2.20. The summed E-state index contributed by atoms with van der Waals surface area (Å²) >= 11 is 1.90. The molecule has 0 radical (unpaired) electrons. The Hall–Kier alpha value is -1.95. The number of nitrogens with one attached hydrogen (secondary N) is 2. The van der Waals surface area contributed by atoms with Crippen LogP contribution in [0.4, 0.5) is 30.2 Å². The summed E-state index contributed by atoms with van der Waals surface area (Å²) in [5, 5.41) is 2.44. The second-order valence-corrected chi connectivity index (χ2v) is 8.75. The Morgan fingerprint density at radius 3 is 2.63 bits per heavy atom. The van der Waals surface area contributed by atoms with E-state index in [9.17, 15) is 21.6 Å². The molecular weight excluding hydrogens is 496 g/mol. The number of hydrogen-bond acceptors (Lipinski definition) is 4. The zero-order chi connectivity index (χ0) is 19.6. The van der Waals surface area contributed by atoms with Gasteiger partial charge in [-0.3, -0.25) is 4.72 Å².